The number of thioether (sulfide) groups is 1. The van der Waals surface area contributed by atoms with E-state index in [1.54, 1.807) is 18.8 Å². The highest BCUT2D eigenvalue weighted by atomic mass is 32.2. The van der Waals surface area contributed by atoms with Crippen LogP contribution in [-0.4, -0.2) is 23.3 Å². The van der Waals surface area contributed by atoms with Crippen molar-refractivity contribution < 1.29 is 9.90 Å². The molecular formula is C19H23NO2S. The molecule has 0 bridgehead atoms. The third kappa shape index (κ3) is 4.85. The molecule has 2 rings (SSSR count). The van der Waals surface area contributed by atoms with Crippen molar-refractivity contribution in [3.8, 4) is 0 Å². The number of amides is 1. The summed E-state index contributed by atoms with van der Waals surface area (Å²) < 4.78 is 0. The third-order valence-electron chi connectivity index (χ3n) is 3.83. The Balaban J connectivity index is 2.24. The van der Waals surface area contributed by atoms with Crippen LogP contribution >= 0.6 is 11.8 Å². The molecule has 0 saturated heterocycles. The summed E-state index contributed by atoms with van der Waals surface area (Å²) in [5, 5.41) is 13.2. The molecule has 0 fully saturated rings. The molecule has 0 aliphatic heterocycles. The van der Waals surface area contributed by atoms with E-state index in [1.165, 1.54) is 5.56 Å². The largest absolute Gasteiger partial charge is 0.387 e. The predicted octanol–water partition coefficient (Wildman–Crippen LogP) is 3.63. The molecule has 2 aromatic rings. The van der Waals surface area contributed by atoms with Crippen molar-refractivity contribution >= 4 is 17.7 Å². The summed E-state index contributed by atoms with van der Waals surface area (Å²) in [5.41, 5.74) is 3.10. The SMILES string of the molecule is CNC(=O)C[C@H](Sc1ccc(C)cc1)[C@@H](O)c1ccccc1C. The Hall–Kier alpha value is -1.78. The maximum absolute atomic E-state index is 11.9. The van der Waals surface area contributed by atoms with E-state index in [0.29, 0.717) is 0 Å². The molecule has 23 heavy (non-hydrogen) atoms. The van der Waals surface area contributed by atoms with Crippen LogP contribution in [0, 0.1) is 13.8 Å². The number of carbonyl (C=O) groups is 1. The van der Waals surface area contributed by atoms with Gasteiger partial charge < -0.3 is 10.4 Å². The molecule has 1 amide bonds. The van der Waals surface area contributed by atoms with E-state index in [0.717, 1.165) is 16.0 Å². The van der Waals surface area contributed by atoms with Crippen molar-refractivity contribution in [1.82, 2.24) is 5.32 Å². The van der Waals surface area contributed by atoms with Crippen LogP contribution in [0.4, 0.5) is 0 Å². The molecule has 0 saturated carbocycles. The van der Waals surface area contributed by atoms with Crippen molar-refractivity contribution in [1.29, 1.82) is 0 Å². The second-order valence-corrected chi connectivity index (χ2v) is 6.96. The second kappa shape index (κ2) is 8.18. The van der Waals surface area contributed by atoms with Crippen LogP contribution in [0.2, 0.25) is 0 Å². The Morgan fingerprint density at radius 1 is 1.13 bits per heavy atom. The monoisotopic (exact) mass is 329 g/mol. The molecule has 3 nitrogen and oxygen atoms in total. The molecule has 0 aliphatic carbocycles. The number of rotatable bonds is 6. The minimum absolute atomic E-state index is 0.0674. The third-order valence-corrected chi connectivity index (χ3v) is 5.10. The first-order chi connectivity index (χ1) is 11.0. The van der Waals surface area contributed by atoms with Gasteiger partial charge >= 0.3 is 0 Å². The van der Waals surface area contributed by atoms with Crippen molar-refractivity contribution in [3.63, 3.8) is 0 Å². The smallest absolute Gasteiger partial charge is 0.220 e. The van der Waals surface area contributed by atoms with Crippen LogP contribution in [0.15, 0.2) is 53.4 Å². The average Bonchev–Trinajstić information content (AvgIpc) is 2.56. The van der Waals surface area contributed by atoms with Gasteiger partial charge in [-0.3, -0.25) is 4.79 Å². The number of aliphatic hydroxyl groups is 1. The molecule has 0 radical (unpaired) electrons. The lowest BCUT2D eigenvalue weighted by Crippen LogP contribution is -2.26. The van der Waals surface area contributed by atoms with E-state index in [-0.39, 0.29) is 17.6 Å². The van der Waals surface area contributed by atoms with Gasteiger partial charge in [-0.1, -0.05) is 42.0 Å². The lowest BCUT2D eigenvalue weighted by molar-refractivity contribution is -0.121. The van der Waals surface area contributed by atoms with Crippen LogP contribution in [0.25, 0.3) is 0 Å². The number of hydrogen-bond acceptors (Lipinski definition) is 3. The van der Waals surface area contributed by atoms with E-state index in [2.05, 4.69) is 5.32 Å². The zero-order chi connectivity index (χ0) is 16.8. The lowest BCUT2D eigenvalue weighted by atomic mass is 9.99. The quantitative estimate of drug-likeness (QED) is 0.796. The Morgan fingerprint density at radius 2 is 1.78 bits per heavy atom. The summed E-state index contributed by atoms with van der Waals surface area (Å²) in [4.78, 5) is 12.9. The summed E-state index contributed by atoms with van der Waals surface area (Å²) in [6.45, 7) is 4.02. The van der Waals surface area contributed by atoms with E-state index in [9.17, 15) is 9.90 Å². The summed E-state index contributed by atoms with van der Waals surface area (Å²) in [7, 11) is 1.62. The van der Waals surface area contributed by atoms with Gasteiger partial charge in [0.05, 0.1) is 6.10 Å². The predicted molar refractivity (Wildman–Crippen MR) is 95.6 cm³/mol. The van der Waals surface area contributed by atoms with E-state index in [1.807, 2.05) is 62.4 Å². The summed E-state index contributed by atoms with van der Waals surface area (Å²) in [6, 6.07) is 15.9. The van der Waals surface area contributed by atoms with Gasteiger partial charge in [-0.25, -0.2) is 0 Å². The molecule has 122 valence electrons. The number of nitrogens with one attached hydrogen (secondary N) is 1. The van der Waals surface area contributed by atoms with Crippen molar-refractivity contribution in [2.45, 2.75) is 36.5 Å². The Morgan fingerprint density at radius 3 is 2.39 bits per heavy atom. The number of aliphatic hydroxyl groups excluding tert-OH is 1. The topological polar surface area (TPSA) is 49.3 Å². The van der Waals surface area contributed by atoms with Crippen LogP contribution in [-0.2, 0) is 4.79 Å². The van der Waals surface area contributed by atoms with Gasteiger partial charge in [0.1, 0.15) is 0 Å². The van der Waals surface area contributed by atoms with Gasteiger partial charge in [0.25, 0.3) is 0 Å². The highest BCUT2D eigenvalue weighted by molar-refractivity contribution is 8.00. The minimum atomic E-state index is -0.695. The normalized spacial score (nSPS) is 13.4. The zero-order valence-corrected chi connectivity index (χ0v) is 14.6. The molecule has 2 N–H and O–H groups in total. The van der Waals surface area contributed by atoms with Crippen molar-refractivity contribution in [3.05, 3.63) is 65.2 Å². The minimum Gasteiger partial charge on any atom is -0.387 e. The molecule has 0 aliphatic rings. The maximum atomic E-state index is 11.9. The first-order valence-corrected chi connectivity index (χ1v) is 8.56. The number of benzene rings is 2. The van der Waals surface area contributed by atoms with Gasteiger partial charge in [0.2, 0.25) is 5.91 Å². The fourth-order valence-corrected chi connectivity index (χ4v) is 3.57. The summed E-state index contributed by atoms with van der Waals surface area (Å²) >= 11 is 1.54. The first-order valence-electron chi connectivity index (χ1n) is 7.68. The fraction of sp³-hybridized carbons (Fsp3) is 0.316. The van der Waals surface area contributed by atoms with Gasteiger partial charge in [-0.2, -0.15) is 0 Å². The first kappa shape index (κ1) is 17.6. The Kier molecular flexibility index (Phi) is 6.25. The molecule has 0 spiro atoms. The second-order valence-electron chi connectivity index (χ2n) is 5.65. The highest BCUT2D eigenvalue weighted by Crippen LogP contribution is 2.35. The Labute approximate surface area is 142 Å². The van der Waals surface area contributed by atoms with Crippen LogP contribution in [0.1, 0.15) is 29.2 Å². The number of aryl methyl sites for hydroxylation is 2. The van der Waals surface area contributed by atoms with Gasteiger partial charge in [0, 0.05) is 23.6 Å². The molecule has 2 atom stereocenters. The van der Waals surface area contributed by atoms with E-state index < -0.39 is 6.10 Å². The summed E-state index contributed by atoms with van der Waals surface area (Å²) in [6.07, 6.45) is -0.426. The molecule has 0 aromatic heterocycles. The molecule has 2 aromatic carbocycles. The molecular weight excluding hydrogens is 306 g/mol. The Bertz CT molecular complexity index is 655. The molecule has 0 unspecified atom stereocenters. The van der Waals surface area contributed by atoms with E-state index in [4.69, 9.17) is 0 Å². The maximum Gasteiger partial charge on any atom is 0.220 e. The van der Waals surface area contributed by atoms with Crippen molar-refractivity contribution in [2.24, 2.45) is 0 Å². The molecule has 4 heteroatoms. The zero-order valence-electron chi connectivity index (χ0n) is 13.7. The van der Waals surface area contributed by atoms with E-state index >= 15 is 0 Å². The van der Waals surface area contributed by atoms with Crippen molar-refractivity contribution in [2.75, 3.05) is 7.05 Å². The summed E-state index contributed by atoms with van der Waals surface area (Å²) in [5.74, 6) is -0.0674. The fourth-order valence-electron chi connectivity index (χ4n) is 2.41. The average molecular weight is 329 g/mol. The standard InChI is InChI=1S/C19H23NO2S/c1-13-8-10-15(11-9-13)23-17(12-18(21)20-3)19(22)16-7-5-4-6-14(16)2/h4-11,17,19,22H,12H2,1-3H3,(H,20,21)/t17-,19-/m0/s1. The molecule has 0 heterocycles. The van der Waals surface area contributed by atoms with Gasteiger partial charge in [-0.15, -0.1) is 11.8 Å². The van der Waals surface area contributed by atoms with Crippen LogP contribution in [0.5, 0.6) is 0 Å². The van der Waals surface area contributed by atoms with Gasteiger partial charge in [0.15, 0.2) is 0 Å². The van der Waals surface area contributed by atoms with Crippen LogP contribution < -0.4 is 5.32 Å². The number of hydrogen-bond donors (Lipinski definition) is 2. The highest BCUT2D eigenvalue weighted by Gasteiger charge is 2.25. The number of carbonyl (C=O) groups excluding carboxylic acids is 1. The van der Waals surface area contributed by atoms with Crippen LogP contribution in [0.3, 0.4) is 0 Å². The lowest BCUT2D eigenvalue weighted by Gasteiger charge is -2.23. The van der Waals surface area contributed by atoms with Gasteiger partial charge in [-0.05, 0) is 37.1 Å².